The minimum absolute atomic E-state index is 0.218. The second-order valence-electron chi connectivity index (χ2n) is 6.85. The van der Waals surface area contributed by atoms with Gasteiger partial charge in [0.2, 0.25) is 5.96 Å². The van der Waals surface area contributed by atoms with E-state index in [2.05, 4.69) is 20.7 Å². The minimum atomic E-state index is -0.433. The number of aryl methyl sites for hydroxylation is 2. The maximum Gasteiger partial charge on any atom is 0.257 e. The van der Waals surface area contributed by atoms with Crippen LogP contribution in [0.2, 0.25) is 0 Å². The van der Waals surface area contributed by atoms with Gasteiger partial charge in [-0.1, -0.05) is 0 Å². The van der Waals surface area contributed by atoms with Gasteiger partial charge >= 0.3 is 0 Å². The molecule has 0 unspecified atom stereocenters. The molecule has 0 fully saturated rings. The molecule has 3 rings (SSSR count). The number of amides is 1. The molecule has 0 aliphatic rings. The summed E-state index contributed by atoms with van der Waals surface area (Å²) >= 11 is 0. The number of aliphatic imine (C=N–C) groups is 1. The van der Waals surface area contributed by atoms with E-state index in [0.29, 0.717) is 24.2 Å². The molecule has 3 aromatic rings. The van der Waals surface area contributed by atoms with Crippen molar-refractivity contribution in [2.75, 3.05) is 11.9 Å². The second kappa shape index (κ2) is 9.30. The number of benzene rings is 2. The van der Waals surface area contributed by atoms with Gasteiger partial charge in [-0.05, 0) is 74.4 Å². The Morgan fingerprint density at radius 2 is 1.63 bits per heavy atom. The van der Waals surface area contributed by atoms with Crippen molar-refractivity contribution >= 4 is 17.6 Å². The third-order valence-electron chi connectivity index (χ3n) is 4.74. The zero-order chi connectivity index (χ0) is 21.7. The smallest absolute Gasteiger partial charge is 0.257 e. The van der Waals surface area contributed by atoms with E-state index in [-0.39, 0.29) is 11.8 Å². The highest BCUT2D eigenvalue weighted by Gasteiger charge is 2.12. The number of nitrogens with zero attached hydrogens (tertiary/aromatic N) is 3. The number of rotatable bonds is 5. The van der Waals surface area contributed by atoms with Gasteiger partial charge in [-0.3, -0.25) is 19.8 Å². The first-order chi connectivity index (χ1) is 14.3. The molecule has 0 saturated heterocycles. The molecule has 1 amide bonds. The molecular weight excluding hydrogens is 388 g/mol. The molecule has 6 nitrogen and oxygen atoms in total. The predicted molar refractivity (Wildman–Crippen MR) is 113 cm³/mol. The Bertz CT molecular complexity index is 1060. The van der Waals surface area contributed by atoms with Gasteiger partial charge in [-0.15, -0.1) is 0 Å². The van der Waals surface area contributed by atoms with Crippen molar-refractivity contribution in [3.63, 3.8) is 0 Å². The number of aromatic nitrogens is 2. The first-order valence-electron chi connectivity index (χ1n) is 9.46. The number of guanidine groups is 1. The van der Waals surface area contributed by atoms with Crippen molar-refractivity contribution in [2.45, 2.75) is 20.3 Å². The van der Waals surface area contributed by atoms with Gasteiger partial charge in [0.05, 0.1) is 5.69 Å². The summed E-state index contributed by atoms with van der Waals surface area (Å²) in [5, 5.41) is 10.1. The van der Waals surface area contributed by atoms with Gasteiger partial charge in [-0.2, -0.15) is 5.10 Å². The highest BCUT2D eigenvalue weighted by Crippen LogP contribution is 2.13. The third-order valence-corrected chi connectivity index (χ3v) is 4.74. The van der Waals surface area contributed by atoms with Crippen LogP contribution in [0.3, 0.4) is 0 Å². The van der Waals surface area contributed by atoms with Crippen molar-refractivity contribution in [2.24, 2.45) is 12.0 Å². The van der Waals surface area contributed by atoms with Crippen molar-refractivity contribution in [1.29, 1.82) is 0 Å². The van der Waals surface area contributed by atoms with Crippen LogP contribution in [0.15, 0.2) is 53.5 Å². The lowest BCUT2D eigenvalue weighted by atomic mass is 10.1. The Hall–Kier alpha value is -3.55. The summed E-state index contributed by atoms with van der Waals surface area (Å²) in [6, 6.07) is 10.9. The first-order valence-corrected chi connectivity index (χ1v) is 9.46. The zero-order valence-corrected chi connectivity index (χ0v) is 17.0. The van der Waals surface area contributed by atoms with Gasteiger partial charge < -0.3 is 5.32 Å². The zero-order valence-electron chi connectivity index (χ0n) is 17.0. The second-order valence-corrected chi connectivity index (χ2v) is 6.85. The van der Waals surface area contributed by atoms with Gasteiger partial charge in [0, 0.05) is 30.5 Å². The molecule has 0 aliphatic carbocycles. The average Bonchev–Trinajstić information content (AvgIpc) is 2.96. The molecule has 0 aliphatic heterocycles. The standard InChI is InChI=1S/C22H23F2N5O/c1-14-20(15(2)29(3)28-14)12-13-25-22(26-19-10-8-18(24)9-11-19)27-21(30)16-4-6-17(23)7-5-16/h4-11H,12-13H2,1-3H3,(H2,25,26,27,30). The molecule has 2 N–H and O–H groups in total. The molecule has 0 spiro atoms. The van der Waals surface area contributed by atoms with Crippen LogP contribution in [0, 0.1) is 25.5 Å². The van der Waals surface area contributed by atoms with E-state index in [4.69, 9.17) is 0 Å². The summed E-state index contributed by atoms with van der Waals surface area (Å²) in [4.78, 5) is 17.0. The summed E-state index contributed by atoms with van der Waals surface area (Å²) in [7, 11) is 1.89. The van der Waals surface area contributed by atoms with Crippen molar-refractivity contribution < 1.29 is 13.6 Å². The number of halogens is 2. The number of nitrogens with one attached hydrogen (secondary N) is 2. The molecule has 1 aromatic heterocycles. The maximum atomic E-state index is 13.2. The predicted octanol–water partition coefficient (Wildman–Crippen LogP) is 3.76. The van der Waals surface area contributed by atoms with Crippen LogP contribution in [0.4, 0.5) is 14.5 Å². The van der Waals surface area contributed by atoms with Crippen molar-refractivity contribution in [3.05, 3.63) is 82.7 Å². The van der Waals surface area contributed by atoms with Gasteiger partial charge in [-0.25, -0.2) is 8.78 Å². The molecule has 30 heavy (non-hydrogen) atoms. The highest BCUT2D eigenvalue weighted by atomic mass is 19.1. The summed E-state index contributed by atoms with van der Waals surface area (Å²) in [6.07, 6.45) is 0.645. The van der Waals surface area contributed by atoms with E-state index in [1.54, 1.807) is 12.1 Å². The minimum Gasteiger partial charge on any atom is -0.326 e. The number of anilines is 1. The Morgan fingerprint density at radius 3 is 2.20 bits per heavy atom. The summed E-state index contributed by atoms with van der Waals surface area (Å²) in [6.45, 7) is 4.34. The molecule has 156 valence electrons. The molecule has 0 radical (unpaired) electrons. The van der Waals surface area contributed by atoms with E-state index < -0.39 is 11.7 Å². The Kier molecular flexibility index (Phi) is 6.56. The van der Waals surface area contributed by atoms with E-state index in [0.717, 1.165) is 17.0 Å². The lowest BCUT2D eigenvalue weighted by molar-refractivity contribution is 0.0977. The fourth-order valence-electron chi connectivity index (χ4n) is 3.02. The van der Waals surface area contributed by atoms with E-state index >= 15 is 0 Å². The summed E-state index contributed by atoms with van der Waals surface area (Å²) in [5.74, 6) is -1.00. The highest BCUT2D eigenvalue weighted by molar-refractivity contribution is 6.09. The first kappa shape index (κ1) is 21.2. The Morgan fingerprint density at radius 1 is 1.03 bits per heavy atom. The van der Waals surface area contributed by atoms with Crippen LogP contribution in [-0.4, -0.2) is 28.2 Å². The molecule has 0 atom stereocenters. The number of hydrogen-bond donors (Lipinski definition) is 2. The Balaban J connectivity index is 1.77. The average molecular weight is 411 g/mol. The van der Waals surface area contributed by atoms with E-state index in [9.17, 15) is 13.6 Å². The maximum absolute atomic E-state index is 13.2. The molecule has 8 heteroatoms. The number of carbonyl (C=O) groups is 1. The van der Waals surface area contributed by atoms with Gasteiger partial charge in [0.1, 0.15) is 11.6 Å². The lowest BCUT2D eigenvalue weighted by Gasteiger charge is -2.12. The third kappa shape index (κ3) is 5.28. The van der Waals surface area contributed by atoms with Crippen LogP contribution in [-0.2, 0) is 13.5 Å². The van der Waals surface area contributed by atoms with Gasteiger partial charge in [0.25, 0.3) is 5.91 Å². The lowest BCUT2D eigenvalue weighted by Crippen LogP contribution is -2.36. The fourth-order valence-corrected chi connectivity index (χ4v) is 3.02. The van der Waals surface area contributed by atoms with E-state index in [1.165, 1.54) is 36.4 Å². The van der Waals surface area contributed by atoms with Crippen LogP contribution in [0.5, 0.6) is 0 Å². The normalized spacial score (nSPS) is 11.4. The number of hydrogen-bond acceptors (Lipinski definition) is 3. The molecule has 0 bridgehead atoms. The summed E-state index contributed by atoms with van der Waals surface area (Å²) in [5.41, 5.74) is 3.97. The van der Waals surface area contributed by atoms with Crippen LogP contribution in [0.1, 0.15) is 27.3 Å². The van der Waals surface area contributed by atoms with Crippen LogP contribution >= 0.6 is 0 Å². The van der Waals surface area contributed by atoms with Gasteiger partial charge in [0.15, 0.2) is 0 Å². The topological polar surface area (TPSA) is 71.3 Å². The Labute approximate surface area is 173 Å². The molecule has 2 aromatic carbocycles. The quantitative estimate of drug-likeness (QED) is 0.496. The van der Waals surface area contributed by atoms with E-state index in [1.807, 2.05) is 25.6 Å². The largest absolute Gasteiger partial charge is 0.326 e. The van der Waals surface area contributed by atoms with Crippen molar-refractivity contribution in [1.82, 2.24) is 15.1 Å². The molecule has 1 heterocycles. The SMILES string of the molecule is Cc1nn(C)c(C)c1CCN=C(NC(=O)c1ccc(F)cc1)Nc1ccc(F)cc1. The van der Waals surface area contributed by atoms with Crippen LogP contribution in [0.25, 0.3) is 0 Å². The number of carbonyl (C=O) groups excluding carboxylic acids is 1. The molecular formula is C22H23F2N5O. The van der Waals surface area contributed by atoms with Crippen molar-refractivity contribution in [3.8, 4) is 0 Å². The van der Waals surface area contributed by atoms with Crippen LogP contribution < -0.4 is 10.6 Å². The molecule has 0 saturated carbocycles. The monoisotopic (exact) mass is 411 g/mol. The fraction of sp³-hybridized carbons (Fsp3) is 0.227. The summed E-state index contributed by atoms with van der Waals surface area (Å²) < 4.78 is 28.1.